The quantitative estimate of drug-likeness (QED) is 0.390. The maximum atomic E-state index is 10.4. The number of nitrogens with zero attached hydrogens (tertiary/aromatic N) is 2. The molecule has 1 aromatic carbocycles. The molecule has 3 N–H and O–H groups in total. The molecule has 2 atom stereocenters. The molecule has 0 aliphatic heterocycles. The van der Waals surface area contributed by atoms with Crippen LogP contribution in [0.1, 0.15) is 0 Å². The smallest absolute Gasteiger partial charge is 0.335 e. The minimum atomic E-state index is -1.81. The van der Waals surface area contributed by atoms with E-state index in [0.717, 1.165) is 0 Å². The van der Waals surface area contributed by atoms with E-state index in [4.69, 9.17) is 19.5 Å². The zero-order valence-electron chi connectivity index (χ0n) is 9.21. The Morgan fingerprint density at radius 3 is 2.61 bits per heavy atom. The molecule has 0 spiro atoms. The summed E-state index contributed by atoms with van der Waals surface area (Å²) in [5.41, 5.74) is 0.605. The zero-order valence-corrected chi connectivity index (χ0v) is 10.0. The van der Waals surface area contributed by atoms with E-state index in [0.29, 0.717) is 17.9 Å². The van der Waals surface area contributed by atoms with Gasteiger partial charge in [0.1, 0.15) is 6.10 Å². The first kappa shape index (κ1) is 14.6. The fraction of sp³-hybridized carbons (Fsp3) is 0.300. The Kier molecular flexibility index (Phi) is 6.29. The number of carbonyl (C=O) groups is 1. The summed E-state index contributed by atoms with van der Waals surface area (Å²) in [6, 6.07) is 8.84. The first-order valence-electron chi connectivity index (χ1n) is 4.95. The first-order valence-corrected chi connectivity index (χ1v) is 5.65. The van der Waals surface area contributed by atoms with Crippen molar-refractivity contribution in [3.8, 4) is 0 Å². The van der Waals surface area contributed by atoms with E-state index in [2.05, 4.69) is 9.63 Å². The topological polar surface area (TPSA) is 112 Å². The average Bonchev–Trinajstić information content (AvgIpc) is 2.39. The molecule has 0 amide bonds. The van der Waals surface area contributed by atoms with Gasteiger partial charge in [0.05, 0.1) is 12.3 Å². The maximum Gasteiger partial charge on any atom is 0.335 e. The molecule has 18 heavy (non-hydrogen) atoms. The molecule has 0 aromatic heterocycles. The Hall–Kier alpha value is -1.48. The van der Waals surface area contributed by atoms with Crippen LogP contribution in [0.2, 0.25) is 0 Å². The van der Waals surface area contributed by atoms with Gasteiger partial charge in [-0.1, -0.05) is 22.7 Å². The second-order valence-corrected chi connectivity index (χ2v) is 3.70. The van der Waals surface area contributed by atoms with Crippen LogP contribution in [-0.4, -0.2) is 40.1 Å². The number of aliphatic hydroxyl groups excluding tert-OH is 2. The van der Waals surface area contributed by atoms with Crippen LogP contribution in [0.3, 0.4) is 0 Å². The normalized spacial score (nSPS) is 14.6. The molecular formula is C10H12N2O5S. The lowest BCUT2D eigenvalue weighted by Gasteiger charge is -2.14. The Morgan fingerprint density at radius 2 is 2.06 bits per heavy atom. The Balaban J connectivity index is 2.40. The van der Waals surface area contributed by atoms with Gasteiger partial charge in [-0.3, -0.25) is 4.18 Å². The van der Waals surface area contributed by atoms with Gasteiger partial charge < -0.3 is 15.3 Å². The molecule has 1 rings (SSSR count). The highest BCUT2D eigenvalue weighted by molar-refractivity contribution is 7.93. The van der Waals surface area contributed by atoms with Crippen molar-refractivity contribution >= 4 is 23.9 Å². The second-order valence-electron chi connectivity index (χ2n) is 3.19. The van der Waals surface area contributed by atoms with Crippen molar-refractivity contribution in [2.45, 2.75) is 12.2 Å². The molecule has 1 aromatic rings. The van der Waals surface area contributed by atoms with Crippen LogP contribution in [0.4, 0.5) is 5.69 Å². The first-order chi connectivity index (χ1) is 8.65. The number of carboxylic acids is 1. The van der Waals surface area contributed by atoms with E-state index in [-0.39, 0.29) is 0 Å². The molecule has 0 saturated carbocycles. The number of carboxylic acid groups (broad SMARTS) is 1. The molecule has 0 fully saturated rings. The van der Waals surface area contributed by atoms with Crippen LogP contribution in [0, 0.1) is 0 Å². The summed E-state index contributed by atoms with van der Waals surface area (Å²) in [6.45, 7) is -0.638. The standard InChI is InChI=1S/C10H12N2O5S/c13-6-8(9(14)10(15)16)17-18-12-11-7-4-2-1-3-5-7/h1-5,8-9,13-14H,6H2,(H,15,16)/b12-11+. The largest absolute Gasteiger partial charge is 0.479 e. The minimum Gasteiger partial charge on any atom is -0.479 e. The number of rotatable bonds is 7. The molecule has 0 radical (unpaired) electrons. The minimum absolute atomic E-state index is 0.502. The van der Waals surface area contributed by atoms with Crippen molar-refractivity contribution in [3.05, 3.63) is 30.3 Å². The fourth-order valence-corrected chi connectivity index (χ4v) is 1.42. The predicted octanol–water partition coefficient (Wildman–Crippen LogP) is 1.16. The van der Waals surface area contributed by atoms with Gasteiger partial charge in [0.25, 0.3) is 0 Å². The van der Waals surface area contributed by atoms with Crippen molar-refractivity contribution in [1.29, 1.82) is 0 Å². The molecule has 0 aliphatic carbocycles. The van der Waals surface area contributed by atoms with Crippen LogP contribution in [0.25, 0.3) is 0 Å². The fourth-order valence-electron chi connectivity index (χ4n) is 0.975. The molecular weight excluding hydrogens is 260 g/mol. The summed E-state index contributed by atoms with van der Waals surface area (Å²) in [4.78, 5) is 10.4. The molecule has 7 nitrogen and oxygen atoms in total. The third kappa shape index (κ3) is 4.80. The van der Waals surface area contributed by atoms with Crippen LogP contribution in [-0.2, 0) is 8.98 Å². The highest BCUT2D eigenvalue weighted by Crippen LogP contribution is 2.17. The number of benzene rings is 1. The van der Waals surface area contributed by atoms with E-state index >= 15 is 0 Å². The van der Waals surface area contributed by atoms with Gasteiger partial charge in [0.2, 0.25) is 0 Å². The van der Waals surface area contributed by atoms with E-state index < -0.39 is 24.8 Å². The van der Waals surface area contributed by atoms with Crippen molar-refractivity contribution in [3.63, 3.8) is 0 Å². The molecule has 0 bridgehead atoms. The molecule has 0 aliphatic rings. The summed E-state index contributed by atoms with van der Waals surface area (Å²) >= 11 is 0.502. The maximum absolute atomic E-state index is 10.4. The van der Waals surface area contributed by atoms with Gasteiger partial charge in [-0.25, -0.2) is 4.79 Å². The van der Waals surface area contributed by atoms with Crippen LogP contribution < -0.4 is 0 Å². The van der Waals surface area contributed by atoms with Crippen molar-refractivity contribution in [2.24, 2.45) is 9.63 Å². The second kappa shape index (κ2) is 7.77. The summed E-state index contributed by atoms with van der Waals surface area (Å²) < 4.78 is 8.39. The lowest BCUT2D eigenvalue weighted by molar-refractivity contribution is -0.152. The van der Waals surface area contributed by atoms with Gasteiger partial charge in [-0.2, -0.15) is 0 Å². The van der Waals surface area contributed by atoms with Crippen molar-refractivity contribution < 1.29 is 24.3 Å². The van der Waals surface area contributed by atoms with Gasteiger partial charge in [-0.05, 0) is 12.1 Å². The summed E-state index contributed by atoms with van der Waals surface area (Å²) in [6.07, 6.45) is -3.07. The molecule has 8 heteroatoms. The molecule has 0 saturated heterocycles. The lowest BCUT2D eigenvalue weighted by atomic mass is 10.2. The molecule has 2 unspecified atom stereocenters. The number of aliphatic carboxylic acids is 1. The number of aliphatic hydroxyl groups is 2. The van der Waals surface area contributed by atoms with Gasteiger partial charge in [0.15, 0.2) is 18.3 Å². The summed E-state index contributed by atoms with van der Waals surface area (Å²) in [5.74, 6) is -1.48. The van der Waals surface area contributed by atoms with E-state index in [9.17, 15) is 4.79 Å². The third-order valence-corrected chi connectivity index (χ3v) is 2.38. The van der Waals surface area contributed by atoms with E-state index in [1.807, 2.05) is 6.07 Å². The molecule has 98 valence electrons. The van der Waals surface area contributed by atoms with Crippen LogP contribution in [0.5, 0.6) is 0 Å². The highest BCUT2D eigenvalue weighted by atomic mass is 32.2. The van der Waals surface area contributed by atoms with Crippen LogP contribution in [0.15, 0.2) is 40.0 Å². The van der Waals surface area contributed by atoms with Crippen molar-refractivity contribution in [1.82, 2.24) is 0 Å². The monoisotopic (exact) mass is 272 g/mol. The van der Waals surface area contributed by atoms with Gasteiger partial charge in [-0.15, -0.1) is 5.11 Å². The Labute approximate surface area is 107 Å². The van der Waals surface area contributed by atoms with Gasteiger partial charge >= 0.3 is 5.97 Å². The predicted molar refractivity (Wildman–Crippen MR) is 64.2 cm³/mol. The Morgan fingerprint density at radius 1 is 1.39 bits per heavy atom. The summed E-state index contributed by atoms with van der Waals surface area (Å²) in [5, 5.41) is 30.2. The van der Waals surface area contributed by atoms with Gasteiger partial charge in [0, 0.05) is 0 Å². The van der Waals surface area contributed by atoms with E-state index in [1.54, 1.807) is 24.3 Å². The summed E-state index contributed by atoms with van der Waals surface area (Å²) in [7, 11) is 0. The lowest BCUT2D eigenvalue weighted by Crippen LogP contribution is -2.37. The van der Waals surface area contributed by atoms with Crippen molar-refractivity contribution in [2.75, 3.05) is 6.61 Å². The number of hydrogen-bond acceptors (Lipinski definition) is 7. The highest BCUT2D eigenvalue weighted by Gasteiger charge is 2.26. The Bertz CT molecular complexity index is 401. The third-order valence-electron chi connectivity index (χ3n) is 1.90. The SMILES string of the molecule is O=C(O)C(O)C(CO)OS/N=N/c1ccccc1. The van der Waals surface area contributed by atoms with Crippen LogP contribution >= 0.6 is 12.2 Å². The zero-order chi connectivity index (χ0) is 13.4. The molecule has 0 heterocycles. The average molecular weight is 272 g/mol. The number of hydrogen-bond donors (Lipinski definition) is 3. The van der Waals surface area contributed by atoms with E-state index in [1.165, 1.54) is 0 Å².